The standard InChI is InChI=1S/C20H25N2O2/c1-11-7-13(3)17(14(4)8-11)19(21-23)20(22-24)18-15(5)9-12(2)10-16(18)6/h7-10,21-23H,1-6H3/q-1/b20-19+. The minimum absolute atomic E-state index is 0.350. The Bertz CT molecular complexity index is 694. The molecule has 24 heavy (non-hydrogen) atoms. The number of hydrogen-bond donors (Lipinski definition) is 3. The van der Waals surface area contributed by atoms with Gasteiger partial charge in [-0.25, -0.2) is 0 Å². The van der Waals surface area contributed by atoms with E-state index in [9.17, 15) is 10.4 Å². The first kappa shape index (κ1) is 18.0. The van der Waals surface area contributed by atoms with E-state index in [1.807, 2.05) is 71.3 Å². The van der Waals surface area contributed by atoms with Crippen LogP contribution in [0.2, 0.25) is 0 Å². The summed E-state index contributed by atoms with van der Waals surface area (Å²) < 4.78 is 0. The van der Waals surface area contributed by atoms with Gasteiger partial charge in [0, 0.05) is 11.1 Å². The van der Waals surface area contributed by atoms with Crippen molar-refractivity contribution in [2.24, 2.45) is 0 Å². The lowest BCUT2D eigenvalue weighted by Crippen LogP contribution is -2.18. The van der Waals surface area contributed by atoms with Crippen molar-refractivity contribution < 1.29 is 5.21 Å². The Hall–Kier alpha value is -2.30. The maximum Gasteiger partial charge on any atom is 0.0909 e. The number of benzene rings is 2. The van der Waals surface area contributed by atoms with Crippen LogP contribution < -0.4 is 11.0 Å². The van der Waals surface area contributed by atoms with Crippen molar-refractivity contribution in [1.82, 2.24) is 11.0 Å². The van der Waals surface area contributed by atoms with Crippen molar-refractivity contribution in [3.63, 3.8) is 0 Å². The van der Waals surface area contributed by atoms with Gasteiger partial charge in [0.05, 0.1) is 11.4 Å². The molecule has 4 nitrogen and oxygen atoms in total. The van der Waals surface area contributed by atoms with Gasteiger partial charge in [-0.15, -0.1) is 0 Å². The van der Waals surface area contributed by atoms with Crippen molar-refractivity contribution in [3.05, 3.63) is 74.0 Å². The van der Waals surface area contributed by atoms with Crippen LogP contribution in [0.4, 0.5) is 0 Å². The Morgan fingerprint density at radius 2 is 1.04 bits per heavy atom. The van der Waals surface area contributed by atoms with E-state index in [0.29, 0.717) is 11.4 Å². The average Bonchev–Trinajstić information content (AvgIpc) is 2.46. The smallest absolute Gasteiger partial charge is 0.0909 e. The van der Waals surface area contributed by atoms with Gasteiger partial charge in [0.25, 0.3) is 0 Å². The summed E-state index contributed by atoms with van der Waals surface area (Å²) in [5.41, 5.74) is 12.9. The van der Waals surface area contributed by atoms with E-state index in [2.05, 4.69) is 5.48 Å². The maximum atomic E-state index is 11.8. The van der Waals surface area contributed by atoms with Crippen LogP contribution in [-0.2, 0) is 0 Å². The molecule has 0 aliphatic heterocycles. The molecule has 0 amide bonds. The highest BCUT2D eigenvalue weighted by atomic mass is 16.5. The van der Waals surface area contributed by atoms with Crippen LogP contribution in [0.3, 0.4) is 0 Å². The SMILES string of the molecule is Cc1cc(C)c(/C(N[O-])=C(\NO)c2c(C)cc(C)cc2C)c(C)c1. The Balaban J connectivity index is 2.83. The third kappa shape index (κ3) is 3.30. The van der Waals surface area contributed by atoms with Crippen LogP contribution in [0, 0.1) is 46.7 Å². The largest absolute Gasteiger partial charge is 0.761 e. The lowest BCUT2D eigenvalue weighted by Gasteiger charge is -2.25. The summed E-state index contributed by atoms with van der Waals surface area (Å²) in [6, 6.07) is 8.14. The molecule has 2 rings (SSSR count). The van der Waals surface area contributed by atoms with Crippen molar-refractivity contribution in [2.45, 2.75) is 41.5 Å². The van der Waals surface area contributed by atoms with Crippen molar-refractivity contribution in [1.29, 1.82) is 0 Å². The van der Waals surface area contributed by atoms with E-state index in [-0.39, 0.29) is 0 Å². The molecule has 0 heterocycles. The van der Waals surface area contributed by atoms with Gasteiger partial charge in [-0.3, -0.25) is 10.7 Å². The Morgan fingerprint density at radius 1 is 0.708 bits per heavy atom. The van der Waals surface area contributed by atoms with Gasteiger partial charge in [-0.2, -0.15) is 0 Å². The predicted octanol–water partition coefficient (Wildman–Crippen LogP) is 4.43. The molecule has 0 fully saturated rings. The van der Waals surface area contributed by atoms with E-state index in [0.717, 1.165) is 44.5 Å². The third-order valence-electron chi connectivity index (χ3n) is 4.32. The molecule has 4 heteroatoms. The fourth-order valence-electron chi connectivity index (χ4n) is 3.61. The molecule has 3 N–H and O–H groups in total. The lowest BCUT2D eigenvalue weighted by atomic mass is 9.92. The van der Waals surface area contributed by atoms with Crippen molar-refractivity contribution in [3.8, 4) is 0 Å². The summed E-state index contributed by atoms with van der Waals surface area (Å²) in [5, 5.41) is 21.6. The van der Waals surface area contributed by atoms with Crippen LogP contribution >= 0.6 is 0 Å². The van der Waals surface area contributed by atoms with E-state index in [1.165, 1.54) is 0 Å². The Kier molecular flexibility index (Phi) is 5.32. The second-order valence-electron chi connectivity index (χ2n) is 6.51. The number of nitrogens with one attached hydrogen (secondary N) is 2. The van der Waals surface area contributed by atoms with E-state index in [4.69, 9.17) is 0 Å². The molecule has 0 radical (unpaired) electrons. The number of aryl methyl sites for hydroxylation is 6. The molecule has 128 valence electrons. The fraction of sp³-hybridized carbons (Fsp3) is 0.300. The summed E-state index contributed by atoms with van der Waals surface area (Å²) in [7, 11) is 0. The van der Waals surface area contributed by atoms with Gasteiger partial charge in [0.1, 0.15) is 0 Å². The fourth-order valence-corrected chi connectivity index (χ4v) is 3.61. The van der Waals surface area contributed by atoms with Crippen molar-refractivity contribution in [2.75, 3.05) is 0 Å². The molecule has 0 aliphatic carbocycles. The van der Waals surface area contributed by atoms with Crippen LogP contribution in [0.15, 0.2) is 24.3 Å². The molecule has 2 aromatic rings. The summed E-state index contributed by atoms with van der Waals surface area (Å²) in [6.45, 7) is 11.9. The molecule has 0 spiro atoms. The predicted molar refractivity (Wildman–Crippen MR) is 99.5 cm³/mol. The maximum absolute atomic E-state index is 11.8. The van der Waals surface area contributed by atoms with Crippen LogP contribution in [0.5, 0.6) is 0 Å². The number of rotatable bonds is 4. The van der Waals surface area contributed by atoms with Gasteiger partial charge < -0.3 is 10.7 Å². The lowest BCUT2D eigenvalue weighted by molar-refractivity contribution is 0.224. The third-order valence-corrected chi connectivity index (χ3v) is 4.32. The molecule has 0 atom stereocenters. The quantitative estimate of drug-likeness (QED) is 0.574. The van der Waals surface area contributed by atoms with Gasteiger partial charge in [-0.1, -0.05) is 35.4 Å². The highest BCUT2D eigenvalue weighted by Crippen LogP contribution is 2.31. The van der Waals surface area contributed by atoms with Gasteiger partial charge in [0.15, 0.2) is 0 Å². The zero-order valence-corrected chi connectivity index (χ0v) is 15.2. The molecular weight excluding hydrogens is 300 g/mol. The van der Waals surface area contributed by atoms with Crippen LogP contribution in [0.1, 0.15) is 44.5 Å². The van der Waals surface area contributed by atoms with E-state index >= 15 is 0 Å². The number of hydroxylamine groups is 2. The molecule has 0 aliphatic rings. The van der Waals surface area contributed by atoms with Crippen molar-refractivity contribution >= 4 is 11.4 Å². The summed E-state index contributed by atoms with van der Waals surface area (Å²) in [5.74, 6) is 0. The molecule has 0 aromatic heterocycles. The monoisotopic (exact) mass is 325 g/mol. The molecule has 2 aromatic carbocycles. The van der Waals surface area contributed by atoms with E-state index in [1.54, 1.807) is 0 Å². The highest BCUT2D eigenvalue weighted by Gasteiger charge is 2.17. The highest BCUT2D eigenvalue weighted by molar-refractivity contribution is 5.92. The normalized spacial score (nSPS) is 12.0. The first-order chi connectivity index (χ1) is 11.3. The second-order valence-corrected chi connectivity index (χ2v) is 6.51. The summed E-state index contributed by atoms with van der Waals surface area (Å²) >= 11 is 0. The molecular formula is C20H25N2O2-. The first-order valence-electron chi connectivity index (χ1n) is 7.99. The topological polar surface area (TPSA) is 67.3 Å². The zero-order chi connectivity index (χ0) is 18.0. The van der Waals surface area contributed by atoms with Gasteiger partial charge in [-0.05, 0) is 63.8 Å². The molecule has 0 saturated heterocycles. The molecule has 0 saturated carbocycles. The Labute approximate surface area is 143 Å². The number of hydrogen-bond acceptors (Lipinski definition) is 4. The van der Waals surface area contributed by atoms with Gasteiger partial charge >= 0.3 is 0 Å². The summed E-state index contributed by atoms with van der Waals surface area (Å²) in [6.07, 6.45) is 0. The first-order valence-corrected chi connectivity index (χ1v) is 7.99. The zero-order valence-electron chi connectivity index (χ0n) is 15.2. The Morgan fingerprint density at radius 3 is 1.33 bits per heavy atom. The second kappa shape index (κ2) is 7.07. The van der Waals surface area contributed by atoms with Gasteiger partial charge in [0.2, 0.25) is 0 Å². The minimum atomic E-state index is 0.350. The average molecular weight is 325 g/mol. The van der Waals surface area contributed by atoms with Crippen LogP contribution in [-0.4, -0.2) is 5.21 Å². The van der Waals surface area contributed by atoms with Crippen LogP contribution in [0.25, 0.3) is 11.4 Å². The summed E-state index contributed by atoms with van der Waals surface area (Å²) in [4.78, 5) is 0. The molecule has 0 unspecified atom stereocenters. The van der Waals surface area contributed by atoms with E-state index < -0.39 is 0 Å². The minimum Gasteiger partial charge on any atom is -0.761 e. The molecule has 0 bridgehead atoms.